The van der Waals surface area contributed by atoms with Crippen LogP contribution in [0.3, 0.4) is 0 Å². The Hall–Kier alpha value is -0.473. The first kappa shape index (κ1) is 22.5. The molecule has 138 valence electrons. The van der Waals surface area contributed by atoms with Crippen LogP contribution in [0.25, 0.3) is 0 Å². The van der Waals surface area contributed by atoms with Crippen molar-refractivity contribution in [2.45, 2.75) is 70.4 Å². The summed E-state index contributed by atoms with van der Waals surface area (Å²) in [5.41, 5.74) is 0. The largest absolute Gasteiger partial charge is 0.500 e. The molecule has 23 heavy (non-hydrogen) atoms. The first-order chi connectivity index (χ1) is 11.0. The summed E-state index contributed by atoms with van der Waals surface area (Å²) in [6.07, 6.45) is 6.66. The summed E-state index contributed by atoms with van der Waals surface area (Å²) in [5.74, 6) is -0.0166. The molecule has 0 saturated heterocycles. The van der Waals surface area contributed by atoms with Crippen LogP contribution in [0.1, 0.15) is 58.3 Å². The highest BCUT2D eigenvalue weighted by atomic mass is 28.4. The van der Waals surface area contributed by atoms with Crippen molar-refractivity contribution >= 4 is 14.7 Å². The van der Waals surface area contributed by atoms with Crippen LogP contribution in [0.4, 0.5) is 0 Å². The molecule has 1 atom stereocenters. The second kappa shape index (κ2) is 13.9. The van der Waals surface area contributed by atoms with Gasteiger partial charge in [-0.2, -0.15) is 0 Å². The van der Waals surface area contributed by atoms with E-state index in [4.69, 9.17) is 13.3 Å². The Balaban J connectivity index is 3.71. The Labute approximate surface area is 142 Å². The number of aliphatic hydroxyl groups is 1. The van der Waals surface area contributed by atoms with E-state index in [0.717, 1.165) is 25.7 Å². The van der Waals surface area contributed by atoms with E-state index in [1.54, 1.807) is 21.3 Å². The van der Waals surface area contributed by atoms with Gasteiger partial charge in [0, 0.05) is 40.3 Å². The molecular formula is C16H35NO5Si. The minimum Gasteiger partial charge on any atom is -0.393 e. The highest BCUT2D eigenvalue weighted by Gasteiger charge is 2.36. The van der Waals surface area contributed by atoms with Crippen LogP contribution in [0.2, 0.25) is 6.04 Å². The minimum absolute atomic E-state index is 0.0166. The first-order valence-electron chi connectivity index (χ1n) is 8.63. The monoisotopic (exact) mass is 349 g/mol. The van der Waals surface area contributed by atoms with Crippen LogP contribution < -0.4 is 5.32 Å². The molecule has 0 aromatic rings. The maximum atomic E-state index is 11.8. The summed E-state index contributed by atoms with van der Waals surface area (Å²) in [6, 6.07) is 0.664. The molecular weight excluding hydrogens is 314 g/mol. The fraction of sp³-hybridized carbons (Fsp3) is 0.938. The predicted octanol–water partition coefficient (Wildman–Crippen LogP) is 2.48. The van der Waals surface area contributed by atoms with Crippen molar-refractivity contribution in [2.75, 3.05) is 27.9 Å². The van der Waals surface area contributed by atoms with Gasteiger partial charge in [-0.1, -0.05) is 32.6 Å². The minimum atomic E-state index is -2.54. The van der Waals surface area contributed by atoms with E-state index in [2.05, 4.69) is 12.2 Å². The van der Waals surface area contributed by atoms with E-state index in [-0.39, 0.29) is 12.0 Å². The number of hydrogen-bond donors (Lipinski definition) is 2. The lowest BCUT2D eigenvalue weighted by Crippen LogP contribution is -2.43. The van der Waals surface area contributed by atoms with Crippen molar-refractivity contribution in [1.82, 2.24) is 5.32 Å². The molecule has 0 aromatic carbocycles. The van der Waals surface area contributed by atoms with Gasteiger partial charge < -0.3 is 23.7 Å². The van der Waals surface area contributed by atoms with Gasteiger partial charge in [0.2, 0.25) is 5.91 Å². The number of amides is 1. The second-order valence-electron chi connectivity index (χ2n) is 5.79. The normalized spacial score (nSPS) is 13.1. The van der Waals surface area contributed by atoms with Gasteiger partial charge >= 0.3 is 8.80 Å². The Morgan fingerprint density at radius 1 is 1.04 bits per heavy atom. The summed E-state index contributed by atoms with van der Waals surface area (Å²) in [4.78, 5) is 11.8. The molecule has 6 nitrogen and oxygen atoms in total. The molecule has 2 N–H and O–H groups in total. The number of unbranched alkanes of at least 4 members (excludes halogenated alkanes) is 3. The topological polar surface area (TPSA) is 77.0 Å². The number of hydrogen-bond acceptors (Lipinski definition) is 5. The van der Waals surface area contributed by atoms with Gasteiger partial charge in [-0.25, -0.2) is 0 Å². The van der Waals surface area contributed by atoms with Crippen molar-refractivity contribution in [3.63, 3.8) is 0 Å². The zero-order valence-electron chi connectivity index (χ0n) is 15.2. The van der Waals surface area contributed by atoms with Crippen LogP contribution in [0, 0.1) is 0 Å². The maximum Gasteiger partial charge on any atom is 0.500 e. The molecule has 0 saturated carbocycles. The highest BCUT2D eigenvalue weighted by Crippen LogP contribution is 2.14. The average molecular weight is 350 g/mol. The number of carbonyl (C=O) groups excluding carboxylic acids is 1. The quantitative estimate of drug-likeness (QED) is 0.351. The summed E-state index contributed by atoms with van der Waals surface area (Å²) in [7, 11) is 2.21. The van der Waals surface area contributed by atoms with Gasteiger partial charge in [-0.05, 0) is 19.3 Å². The molecule has 7 heteroatoms. The molecule has 0 aliphatic heterocycles. The van der Waals surface area contributed by atoms with Crippen LogP contribution in [0.15, 0.2) is 0 Å². The van der Waals surface area contributed by atoms with E-state index in [9.17, 15) is 9.90 Å². The van der Waals surface area contributed by atoms with E-state index in [0.29, 0.717) is 25.4 Å². The first-order valence-corrected chi connectivity index (χ1v) is 10.6. The molecule has 1 unspecified atom stereocenters. The number of aliphatic hydroxyl groups excluding tert-OH is 1. The smallest absolute Gasteiger partial charge is 0.393 e. The molecule has 0 spiro atoms. The number of rotatable bonds is 15. The molecule has 0 aliphatic rings. The van der Waals surface area contributed by atoms with Crippen molar-refractivity contribution in [2.24, 2.45) is 0 Å². The van der Waals surface area contributed by atoms with Gasteiger partial charge in [0.1, 0.15) is 0 Å². The van der Waals surface area contributed by atoms with E-state index >= 15 is 0 Å². The molecule has 0 rings (SSSR count). The van der Waals surface area contributed by atoms with Crippen molar-refractivity contribution in [1.29, 1.82) is 0 Å². The molecule has 0 heterocycles. The predicted molar refractivity (Wildman–Crippen MR) is 93.2 cm³/mol. The third-order valence-electron chi connectivity index (χ3n) is 4.01. The number of nitrogens with one attached hydrogen (secondary N) is 1. The Kier molecular flexibility index (Phi) is 13.6. The molecule has 1 amide bonds. The van der Waals surface area contributed by atoms with Crippen LogP contribution in [-0.2, 0) is 18.1 Å². The third kappa shape index (κ3) is 10.8. The molecule has 0 aliphatic carbocycles. The summed E-state index contributed by atoms with van der Waals surface area (Å²) in [5, 5.41) is 12.7. The van der Waals surface area contributed by atoms with Gasteiger partial charge in [-0.15, -0.1) is 0 Å². The zero-order chi connectivity index (χ0) is 17.6. The fourth-order valence-corrected chi connectivity index (χ4v) is 4.15. The van der Waals surface area contributed by atoms with Crippen LogP contribution in [-0.4, -0.2) is 53.8 Å². The lowest BCUT2D eigenvalue weighted by Gasteiger charge is -2.24. The fourth-order valence-electron chi connectivity index (χ4n) is 2.43. The zero-order valence-corrected chi connectivity index (χ0v) is 16.2. The summed E-state index contributed by atoms with van der Waals surface area (Å²) < 4.78 is 16.0. The SMILES string of the molecule is CCCCCCC(O)CCC(=O)NCCC[Si](OC)(OC)OC. The lowest BCUT2D eigenvalue weighted by atomic mass is 10.1. The summed E-state index contributed by atoms with van der Waals surface area (Å²) in [6.45, 7) is 2.73. The van der Waals surface area contributed by atoms with Crippen LogP contribution in [0.5, 0.6) is 0 Å². The Bertz CT molecular complexity index is 292. The van der Waals surface area contributed by atoms with Gasteiger partial charge in [0.25, 0.3) is 0 Å². The van der Waals surface area contributed by atoms with Crippen LogP contribution >= 0.6 is 0 Å². The van der Waals surface area contributed by atoms with E-state index < -0.39 is 8.80 Å². The molecule has 0 aromatic heterocycles. The van der Waals surface area contributed by atoms with E-state index in [1.807, 2.05) is 0 Å². The third-order valence-corrected chi connectivity index (χ3v) is 6.84. The second-order valence-corrected chi connectivity index (χ2v) is 8.88. The Morgan fingerprint density at radius 3 is 2.26 bits per heavy atom. The lowest BCUT2D eigenvalue weighted by molar-refractivity contribution is -0.121. The van der Waals surface area contributed by atoms with Gasteiger partial charge in [0.15, 0.2) is 0 Å². The van der Waals surface area contributed by atoms with Gasteiger partial charge in [-0.3, -0.25) is 4.79 Å². The molecule has 0 fully saturated rings. The van der Waals surface area contributed by atoms with Crippen molar-refractivity contribution < 1.29 is 23.2 Å². The Morgan fingerprint density at radius 2 is 1.70 bits per heavy atom. The van der Waals surface area contributed by atoms with Crippen molar-refractivity contribution in [3.8, 4) is 0 Å². The maximum absolute atomic E-state index is 11.8. The number of carbonyl (C=O) groups is 1. The molecule has 0 bridgehead atoms. The molecule has 0 radical (unpaired) electrons. The van der Waals surface area contributed by atoms with E-state index in [1.165, 1.54) is 12.8 Å². The van der Waals surface area contributed by atoms with Gasteiger partial charge in [0.05, 0.1) is 6.10 Å². The standard InChI is InChI=1S/C16H35NO5Si/c1-5-6-7-8-10-15(18)11-12-16(19)17-13-9-14-23(20-2,21-3)22-4/h15,18H,5-14H2,1-4H3,(H,17,19). The summed E-state index contributed by atoms with van der Waals surface area (Å²) >= 11 is 0. The average Bonchev–Trinajstić information content (AvgIpc) is 2.58. The van der Waals surface area contributed by atoms with Crippen molar-refractivity contribution in [3.05, 3.63) is 0 Å². The highest BCUT2D eigenvalue weighted by molar-refractivity contribution is 6.60.